The summed E-state index contributed by atoms with van der Waals surface area (Å²) in [7, 11) is 0. The van der Waals surface area contributed by atoms with Crippen LogP contribution in [0.2, 0.25) is 10.0 Å². The number of halogens is 2. The SMILES string of the molecule is O=C(NCC(/C(CN1CCC(O)(c2ccccc2)CC1)=N\[O-])c1ccc(Cl)c(Cl)c1)c1ccccc1. The standard InChI is InChI=1S/C28H29Cl2N3O3/c29-24-12-11-21(17-25(24)30)23(18-31-27(34)20-7-3-1-4-8-20)26(32-36)19-33-15-13-28(35,14-16-33)22-9-5-2-6-10-22/h1-12,17,23,35-36H,13-16,18-19H2,(H,31,34)/p-1/b32-26-. The van der Waals surface area contributed by atoms with Crippen LogP contribution >= 0.6 is 23.2 Å². The van der Waals surface area contributed by atoms with Crippen LogP contribution in [0, 0.1) is 5.21 Å². The van der Waals surface area contributed by atoms with Crippen molar-refractivity contribution >= 4 is 34.8 Å². The van der Waals surface area contributed by atoms with Gasteiger partial charge in [-0.2, -0.15) is 0 Å². The van der Waals surface area contributed by atoms with Gasteiger partial charge in [-0.3, -0.25) is 9.69 Å². The second kappa shape index (κ2) is 11.9. The van der Waals surface area contributed by atoms with Crippen LogP contribution in [0.15, 0.2) is 84.0 Å². The van der Waals surface area contributed by atoms with E-state index in [0.717, 1.165) is 11.1 Å². The molecule has 0 radical (unpaired) electrons. The van der Waals surface area contributed by atoms with Gasteiger partial charge in [0.05, 0.1) is 15.6 Å². The van der Waals surface area contributed by atoms with E-state index < -0.39 is 11.5 Å². The van der Waals surface area contributed by atoms with E-state index >= 15 is 0 Å². The van der Waals surface area contributed by atoms with Crippen LogP contribution in [0.4, 0.5) is 0 Å². The molecule has 3 aromatic carbocycles. The maximum absolute atomic E-state index is 12.7. The molecule has 36 heavy (non-hydrogen) atoms. The number of nitrogens with zero attached hydrogens (tertiary/aromatic N) is 2. The fraction of sp³-hybridized carbons (Fsp3) is 0.286. The fourth-order valence-corrected chi connectivity index (χ4v) is 4.90. The molecule has 1 amide bonds. The van der Waals surface area contributed by atoms with Gasteiger partial charge in [-0.05, 0) is 48.2 Å². The number of hydrogen-bond donors (Lipinski definition) is 2. The minimum absolute atomic E-state index is 0.175. The average molecular weight is 525 g/mol. The first-order chi connectivity index (χ1) is 17.4. The minimum Gasteiger partial charge on any atom is -0.792 e. The second-order valence-electron chi connectivity index (χ2n) is 9.06. The molecule has 1 fully saturated rings. The van der Waals surface area contributed by atoms with Crippen LogP contribution in [-0.4, -0.2) is 47.8 Å². The molecular weight excluding hydrogens is 497 g/mol. The lowest BCUT2D eigenvalue weighted by atomic mass is 9.84. The molecule has 8 heteroatoms. The average Bonchev–Trinajstić information content (AvgIpc) is 2.92. The molecule has 0 saturated carbocycles. The molecule has 1 heterocycles. The van der Waals surface area contributed by atoms with Gasteiger partial charge in [0.15, 0.2) is 0 Å². The lowest BCUT2D eigenvalue weighted by Gasteiger charge is -2.39. The van der Waals surface area contributed by atoms with Gasteiger partial charge in [0.25, 0.3) is 5.91 Å². The number of hydrogen-bond acceptors (Lipinski definition) is 5. The smallest absolute Gasteiger partial charge is 0.251 e. The highest BCUT2D eigenvalue weighted by molar-refractivity contribution is 6.42. The van der Waals surface area contributed by atoms with Crippen molar-refractivity contribution in [2.24, 2.45) is 5.16 Å². The summed E-state index contributed by atoms with van der Waals surface area (Å²) in [6, 6.07) is 23.7. The zero-order valence-electron chi connectivity index (χ0n) is 19.7. The fourth-order valence-electron chi connectivity index (χ4n) is 4.59. The predicted molar refractivity (Wildman–Crippen MR) is 145 cm³/mol. The first kappa shape index (κ1) is 26.2. The summed E-state index contributed by atoms with van der Waals surface area (Å²) < 4.78 is 0. The van der Waals surface area contributed by atoms with E-state index in [1.54, 1.807) is 42.5 Å². The van der Waals surface area contributed by atoms with Gasteiger partial charge in [0, 0.05) is 43.4 Å². The van der Waals surface area contributed by atoms with Crippen LogP contribution in [0.3, 0.4) is 0 Å². The summed E-state index contributed by atoms with van der Waals surface area (Å²) in [4.78, 5) is 14.8. The Labute approximate surface area is 221 Å². The number of piperidine rings is 1. The van der Waals surface area contributed by atoms with E-state index in [0.29, 0.717) is 53.8 Å². The monoisotopic (exact) mass is 524 g/mol. The Morgan fingerprint density at radius 1 is 1.00 bits per heavy atom. The number of carbonyl (C=O) groups excluding carboxylic acids is 1. The molecule has 1 unspecified atom stereocenters. The quantitative estimate of drug-likeness (QED) is 0.303. The highest BCUT2D eigenvalue weighted by Gasteiger charge is 2.34. The maximum Gasteiger partial charge on any atom is 0.251 e. The van der Waals surface area contributed by atoms with Crippen molar-refractivity contribution < 1.29 is 9.90 Å². The van der Waals surface area contributed by atoms with Crippen LogP contribution in [0.25, 0.3) is 0 Å². The first-order valence-corrected chi connectivity index (χ1v) is 12.6. The van der Waals surface area contributed by atoms with E-state index in [-0.39, 0.29) is 12.5 Å². The zero-order chi connectivity index (χ0) is 25.5. The minimum atomic E-state index is -0.890. The molecule has 188 valence electrons. The van der Waals surface area contributed by atoms with Gasteiger partial charge in [-0.1, -0.05) is 77.8 Å². The normalized spacial score (nSPS) is 16.9. The molecule has 0 aromatic heterocycles. The van der Waals surface area contributed by atoms with Gasteiger partial charge in [0.1, 0.15) is 0 Å². The Balaban J connectivity index is 1.48. The Bertz CT molecular complexity index is 1200. The molecule has 1 aliphatic heterocycles. The largest absolute Gasteiger partial charge is 0.792 e. The van der Waals surface area contributed by atoms with E-state index in [1.807, 2.05) is 36.4 Å². The van der Waals surface area contributed by atoms with E-state index in [9.17, 15) is 15.1 Å². The summed E-state index contributed by atoms with van der Waals surface area (Å²) in [5.41, 5.74) is 1.67. The summed E-state index contributed by atoms with van der Waals surface area (Å²) >= 11 is 12.4. The predicted octanol–water partition coefficient (Wildman–Crippen LogP) is 5.43. The van der Waals surface area contributed by atoms with Crippen LogP contribution in [0.1, 0.15) is 40.2 Å². The lowest BCUT2D eigenvalue weighted by Crippen LogP contribution is -2.45. The maximum atomic E-state index is 12.7. The second-order valence-corrected chi connectivity index (χ2v) is 9.87. The molecule has 4 rings (SSSR count). The summed E-state index contributed by atoms with van der Waals surface area (Å²) in [6.07, 6.45) is 1.09. The van der Waals surface area contributed by atoms with Crippen LogP contribution < -0.4 is 5.32 Å². The zero-order valence-corrected chi connectivity index (χ0v) is 21.3. The van der Waals surface area contributed by atoms with Crippen molar-refractivity contribution in [3.63, 3.8) is 0 Å². The molecule has 0 aliphatic carbocycles. The van der Waals surface area contributed by atoms with Crippen molar-refractivity contribution in [1.29, 1.82) is 0 Å². The van der Waals surface area contributed by atoms with E-state index in [4.69, 9.17) is 23.2 Å². The molecule has 6 nitrogen and oxygen atoms in total. The highest BCUT2D eigenvalue weighted by Crippen LogP contribution is 2.33. The molecule has 3 aromatic rings. The number of rotatable bonds is 8. The Hall–Kier alpha value is -2.90. The van der Waals surface area contributed by atoms with Gasteiger partial charge in [0.2, 0.25) is 0 Å². The Morgan fingerprint density at radius 3 is 2.25 bits per heavy atom. The number of amides is 1. The van der Waals surface area contributed by atoms with Crippen molar-refractivity contribution in [2.75, 3.05) is 26.2 Å². The van der Waals surface area contributed by atoms with Gasteiger partial charge >= 0.3 is 0 Å². The Kier molecular flexibility index (Phi) is 8.64. The topological polar surface area (TPSA) is 88.0 Å². The summed E-state index contributed by atoms with van der Waals surface area (Å²) in [6.45, 7) is 1.71. The molecule has 2 N–H and O–H groups in total. The molecule has 1 atom stereocenters. The van der Waals surface area contributed by atoms with Gasteiger partial charge < -0.3 is 20.8 Å². The van der Waals surface area contributed by atoms with Crippen LogP contribution in [0.5, 0.6) is 0 Å². The molecule has 0 bridgehead atoms. The van der Waals surface area contributed by atoms with Crippen molar-refractivity contribution in [3.05, 3.63) is 111 Å². The molecule has 1 aliphatic rings. The molecular formula is C28H28Cl2N3O3-. The highest BCUT2D eigenvalue weighted by atomic mass is 35.5. The number of likely N-dealkylation sites (tertiary alicyclic amines) is 1. The van der Waals surface area contributed by atoms with Crippen LogP contribution in [-0.2, 0) is 5.60 Å². The van der Waals surface area contributed by atoms with Crippen molar-refractivity contribution in [1.82, 2.24) is 10.2 Å². The van der Waals surface area contributed by atoms with E-state index in [1.165, 1.54) is 0 Å². The van der Waals surface area contributed by atoms with Crippen molar-refractivity contribution in [2.45, 2.75) is 24.4 Å². The summed E-state index contributed by atoms with van der Waals surface area (Å²) in [5.74, 6) is -0.725. The first-order valence-electron chi connectivity index (χ1n) is 11.9. The third-order valence-corrected chi connectivity index (χ3v) is 7.49. The Morgan fingerprint density at radius 2 is 1.64 bits per heavy atom. The number of benzene rings is 3. The van der Waals surface area contributed by atoms with E-state index in [2.05, 4.69) is 15.4 Å². The number of nitrogens with one attached hydrogen (secondary N) is 1. The molecule has 0 spiro atoms. The van der Waals surface area contributed by atoms with Gasteiger partial charge in [-0.15, -0.1) is 0 Å². The lowest BCUT2D eigenvalue weighted by molar-refractivity contribution is -0.0227. The van der Waals surface area contributed by atoms with Crippen molar-refractivity contribution in [3.8, 4) is 0 Å². The van der Waals surface area contributed by atoms with Gasteiger partial charge in [-0.25, -0.2) is 0 Å². The summed E-state index contributed by atoms with van der Waals surface area (Å²) in [5, 5.41) is 30.3. The molecule has 1 saturated heterocycles. The third-order valence-electron chi connectivity index (χ3n) is 6.75. The number of carbonyl (C=O) groups is 1. The third kappa shape index (κ3) is 6.26. The number of aliphatic hydroxyl groups is 1.